The first-order valence-electron chi connectivity index (χ1n) is 5.97. The van der Waals surface area contributed by atoms with E-state index in [-0.39, 0.29) is 0 Å². The summed E-state index contributed by atoms with van der Waals surface area (Å²) < 4.78 is 0. The van der Waals surface area contributed by atoms with Gasteiger partial charge in [-0.25, -0.2) is 0 Å². The molecule has 0 bridgehead atoms. The van der Waals surface area contributed by atoms with Gasteiger partial charge < -0.3 is 0 Å². The van der Waals surface area contributed by atoms with Gasteiger partial charge in [0.15, 0.2) is 6.29 Å². The van der Waals surface area contributed by atoms with Gasteiger partial charge in [-0.1, -0.05) is 43.5 Å². The molecule has 1 aromatic carbocycles. The Morgan fingerprint density at radius 2 is 1.75 bits per heavy atom. The summed E-state index contributed by atoms with van der Waals surface area (Å²) in [6.45, 7) is 0. The maximum atomic E-state index is 10.8. The molecule has 0 aromatic heterocycles. The molecule has 0 amide bonds. The smallest absolute Gasteiger partial charge is 0.150 e. The molecule has 2 rings (SSSR count). The molecule has 1 aliphatic carbocycles. The SMILES string of the molecule is O=Cc1ccccc1C=NC1CCCCC1. The highest BCUT2D eigenvalue weighted by Crippen LogP contribution is 2.20. The lowest BCUT2D eigenvalue weighted by Gasteiger charge is -2.17. The van der Waals surface area contributed by atoms with Crippen LogP contribution in [-0.4, -0.2) is 18.5 Å². The predicted molar refractivity (Wildman–Crippen MR) is 66.3 cm³/mol. The molecule has 0 saturated heterocycles. The van der Waals surface area contributed by atoms with Crippen LogP contribution < -0.4 is 0 Å². The molecule has 1 aliphatic rings. The topological polar surface area (TPSA) is 29.4 Å². The van der Waals surface area contributed by atoms with E-state index in [1.807, 2.05) is 30.5 Å². The quantitative estimate of drug-likeness (QED) is 0.562. The number of benzene rings is 1. The molecule has 2 nitrogen and oxygen atoms in total. The fraction of sp³-hybridized carbons (Fsp3) is 0.429. The molecule has 1 aromatic rings. The van der Waals surface area contributed by atoms with Crippen LogP contribution in [0.2, 0.25) is 0 Å². The maximum Gasteiger partial charge on any atom is 0.150 e. The summed E-state index contributed by atoms with van der Waals surface area (Å²) in [6.07, 6.45) is 9.06. The third kappa shape index (κ3) is 2.78. The Morgan fingerprint density at radius 3 is 2.44 bits per heavy atom. The number of aliphatic imine (C=N–C) groups is 1. The first kappa shape index (κ1) is 11.1. The highest BCUT2D eigenvalue weighted by atomic mass is 16.1. The van der Waals surface area contributed by atoms with Crippen LogP contribution in [0.25, 0.3) is 0 Å². The molecule has 0 radical (unpaired) electrons. The van der Waals surface area contributed by atoms with E-state index in [0.717, 1.165) is 17.4 Å². The highest BCUT2D eigenvalue weighted by Gasteiger charge is 2.10. The van der Waals surface area contributed by atoms with Crippen molar-refractivity contribution in [3.8, 4) is 0 Å². The minimum atomic E-state index is 0.466. The summed E-state index contributed by atoms with van der Waals surface area (Å²) in [7, 11) is 0. The molecule has 1 saturated carbocycles. The molecule has 2 heteroatoms. The van der Waals surface area contributed by atoms with Gasteiger partial charge in [-0.2, -0.15) is 0 Å². The Labute approximate surface area is 96.4 Å². The van der Waals surface area contributed by atoms with Crippen LogP contribution in [0.15, 0.2) is 29.3 Å². The second-order valence-electron chi connectivity index (χ2n) is 4.32. The zero-order chi connectivity index (χ0) is 11.2. The third-order valence-electron chi connectivity index (χ3n) is 3.12. The van der Waals surface area contributed by atoms with Crippen molar-refractivity contribution >= 4 is 12.5 Å². The highest BCUT2D eigenvalue weighted by molar-refractivity contribution is 5.92. The zero-order valence-corrected chi connectivity index (χ0v) is 9.43. The fourth-order valence-corrected chi connectivity index (χ4v) is 2.15. The van der Waals surface area contributed by atoms with Crippen LogP contribution in [0.1, 0.15) is 48.0 Å². The van der Waals surface area contributed by atoms with Crippen LogP contribution in [0, 0.1) is 0 Å². The van der Waals surface area contributed by atoms with Crippen molar-refractivity contribution < 1.29 is 4.79 Å². The predicted octanol–water partition coefficient (Wildman–Crippen LogP) is 3.25. The van der Waals surface area contributed by atoms with Gasteiger partial charge in [0.05, 0.1) is 0 Å². The third-order valence-corrected chi connectivity index (χ3v) is 3.12. The van der Waals surface area contributed by atoms with E-state index >= 15 is 0 Å². The van der Waals surface area contributed by atoms with Crippen molar-refractivity contribution in [3.05, 3.63) is 35.4 Å². The molecule has 1 fully saturated rings. The van der Waals surface area contributed by atoms with Crippen molar-refractivity contribution in [2.24, 2.45) is 4.99 Å². The van der Waals surface area contributed by atoms with E-state index in [2.05, 4.69) is 4.99 Å². The Balaban J connectivity index is 2.07. The van der Waals surface area contributed by atoms with Gasteiger partial charge in [0.2, 0.25) is 0 Å². The lowest BCUT2D eigenvalue weighted by Crippen LogP contribution is -2.09. The summed E-state index contributed by atoms with van der Waals surface area (Å²) in [5.74, 6) is 0. The van der Waals surface area contributed by atoms with E-state index in [4.69, 9.17) is 0 Å². The lowest BCUT2D eigenvalue weighted by atomic mass is 9.96. The first-order chi connectivity index (χ1) is 7.90. The van der Waals surface area contributed by atoms with Crippen LogP contribution >= 0.6 is 0 Å². The number of rotatable bonds is 3. The average Bonchev–Trinajstić information content (AvgIpc) is 2.38. The van der Waals surface area contributed by atoms with Crippen molar-refractivity contribution in [3.63, 3.8) is 0 Å². The van der Waals surface area contributed by atoms with Crippen LogP contribution in [-0.2, 0) is 0 Å². The Bertz CT molecular complexity index is 378. The number of hydrogen-bond acceptors (Lipinski definition) is 2. The summed E-state index contributed by atoms with van der Waals surface area (Å²) >= 11 is 0. The van der Waals surface area contributed by atoms with Gasteiger partial charge in [-0.05, 0) is 12.8 Å². The standard InChI is InChI=1S/C14H17NO/c16-11-13-7-5-4-6-12(13)10-15-14-8-2-1-3-9-14/h4-7,10-11,14H,1-3,8-9H2. The summed E-state index contributed by atoms with van der Waals surface area (Å²) in [6, 6.07) is 8.05. The molecule has 0 atom stereocenters. The molecule has 0 aliphatic heterocycles. The molecular weight excluding hydrogens is 198 g/mol. The molecular formula is C14H17NO. The average molecular weight is 215 g/mol. The molecule has 0 spiro atoms. The molecule has 0 unspecified atom stereocenters. The van der Waals surface area contributed by atoms with Crippen LogP contribution in [0.3, 0.4) is 0 Å². The van der Waals surface area contributed by atoms with Crippen LogP contribution in [0.4, 0.5) is 0 Å². The number of carbonyl (C=O) groups is 1. The number of hydrogen-bond donors (Lipinski definition) is 0. The van der Waals surface area contributed by atoms with E-state index in [1.165, 1.54) is 32.1 Å². The van der Waals surface area contributed by atoms with Crippen molar-refractivity contribution in [1.82, 2.24) is 0 Å². The van der Waals surface area contributed by atoms with Gasteiger partial charge in [0.1, 0.15) is 0 Å². The Morgan fingerprint density at radius 1 is 1.06 bits per heavy atom. The van der Waals surface area contributed by atoms with E-state index in [1.54, 1.807) is 0 Å². The minimum Gasteiger partial charge on any atom is -0.298 e. The van der Waals surface area contributed by atoms with Crippen molar-refractivity contribution in [2.45, 2.75) is 38.1 Å². The van der Waals surface area contributed by atoms with E-state index in [0.29, 0.717) is 6.04 Å². The number of aldehydes is 1. The van der Waals surface area contributed by atoms with Crippen molar-refractivity contribution in [2.75, 3.05) is 0 Å². The van der Waals surface area contributed by atoms with Gasteiger partial charge in [0.25, 0.3) is 0 Å². The maximum absolute atomic E-state index is 10.8. The van der Waals surface area contributed by atoms with E-state index in [9.17, 15) is 4.79 Å². The molecule has 0 N–H and O–H groups in total. The van der Waals surface area contributed by atoms with Crippen molar-refractivity contribution in [1.29, 1.82) is 0 Å². The summed E-state index contributed by atoms with van der Waals surface area (Å²) in [5, 5.41) is 0. The second kappa shape index (κ2) is 5.59. The molecule has 84 valence electrons. The lowest BCUT2D eigenvalue weighted by molar-refractivity contribution is 0.112. The fourth-order valence-electron chi connectivity index (χ4n) is 2.15. The zero-order valence-electron chi connectivity index (χ0n) is 9.43. The largest absolute Gasteiger partial charge is 0.298 e. The van der Waals surface area contributed by atoms with Gasteiger partial charge in [-0.15, -0.1) is 0 Å². The molecule has 0 heterocycles. The second-order valence-corrected chi connectivity index (χ2v) is 4.32. The van der Waals surface area contributed by atoms with Crippen LogP contribution in [0.5, 0.6) is 0 Å². The minimum absolute atomic E-state index is 0.466. The number of nitrogens with zero attached hydrogens (tertiary/aromatic N) is 1. The number of carbonyl (C=O) groups excluding carboxylic acids is 1. The Kier molecular flexibility index (Phi) is 3.86. The molecule has 16 heavy (non-hydrogen) atoms. The van der Waals surface area contributed by atoms with Gasteiger partial charge in [0, 0.05) is 23.4 Å². The summed E-state index contributed by atoms with van der Waals surface area (Å²) in [5.41, 5.74) is 1.66. The monoisotopic (exact) mass is 215 g/mol. The van der Waals surface area contributed by atoms with Gasteiger partial charge >= 0.3 is 0 Å². The van der Waals surface area contributed by atoms with E-state index < -0.39 is 0 Å². The summed E-state index contributed by atoms with van der Waals surface area (Å²) in [4.78, 5) is 15.4. The van der Waals surface area contributed by atoms with Gasteiger partial charge in [-0.3, -0.25) is 9.79 Å². The first-order valence-corrected chi connectivity index (χ1v) is 5.97. The normalized spacial score (nSPS) is 17.8. The Hall–Kier alpha value is -1.44.